The molecule has 9 heteroatoms. The van der Waals surface area contributed by atoms with E-state index >= 15 is 0 Å². The zero-order valence-corrected chi connectivity index (χ0v) is 16.4. The summed E-state index contributed by atoms with van der Waals surface area (Å²) in [4.78, 5) is 23.5. The minimum atomic E-state index is -3.75. The molecule has 0 aliphatic carbocycles. The van der Waals surface area contributed by atoms with Crippen molar-refractivity contribution in [2.24, 2.45) is 0 Å². The van der Waals surface area contributed by atoms with Crippen molar-refractivity contribution in [1.29, 1.82) is 0 Å². The average molecular weight is 406 g/mol. The van der Waals surface area contributed by atoms with Gasteiger partial charge in [-0.15, -0.1) is 0 Å². The first-order chi connectivity index (χ1) is 13.3. The fraction of sp³-hybridized carbons (Fsp3) is 0.263. The highest BCUT2D eigenvalue weighted by Gasteiger charge is 2.15. The second-order valence-electron chi connectivity index (χ2n) is 5.90. The largest absolute Gasteiger partial charge is 0.497 e. The highest BCUT2D eigenvalue weighted by Crippen LogP contribution is 2.15. The predicted molar refractivity (Wildman–Crippen MR) is 104 cm³/mol. The van der Waals surface area contributed by atoms with Gasteiger partial charge >= 0.3 is 5.97 Å². The SMILES string of the molecule is COc1ccc(S(=O)(=O)NCCC(=O)OCC(=O)Nc2ccc(C)cc2)cc1. The van der Waals surface area contributed by atoms with Crippen molar-refractivity contribution in [1.82, 2.24) is 4.72 Å². The first-order valence-corrected chi connectivity index (χ1v) is 9.94. The van der Waals surface area contributed by atoms with Crippen LogP contribution in [0.5, 0.6) is 5.75 Å². The summed E-state index contributed by atoms with van der Waals surface area (Å²) < 4.78 is 36.4. The summed E-state index contributed by atoms with van der Waals surface area (Å²) in [7, 11) is -2.27. The Bertz CT molecular complexity index is 908. The molecule has 0 saturated heterocycles. The topological polar surface area (TPSA) is 111 Å². The lowest BCUT2D eigenvalue weighted by Gasteiger charge is -2.08. The summed E-state index contributed by atoms with van der Waals surface area (Å²) in [5.41, 5.74) is 1.65. The third-order valence-electron chi connectivity index (χ3n) is 3.69. The minimum absolute atomic E-state index is 0.0548. The molecule has 0 fully saturated rings. The van der Waals surface area contributed by atoms with Crippen molar-refractivity contribution in [2.45, 2.75) is 18.2 Å². The van der Waals surface area contributed by atoms with E-state index in [9.17, 15) is 18.0 Å². The van der Waals surface area contributed by atoms with Crippen molar-refractivity contribution in [3.05, 3.63) is 54.1 Å². The molecule has 0 aromatic heterocycles. The van der Waals surface area contributed by atoms with Crippen molar-refractivity contribution in [3.8, 4) is 5.75 Å². The van der Waals surface area contributed by atoms with Gasteiger partial charge in [0, 0.05) is 12.2 Å². The molecule has 8 nitrogen and oxygen atoms in total. The van der Waals surface area contributed by atoms with Gasteiger partial charge in [-0.25, -0.2) is 13.1 Å². The van der Waals surface area contributed by atoms with Crippen LogP contribution >= 0.6 is 0 Å². The molecule has 150 valence electrons. The van der Waals surface area contributed by atoms with Crippen molar-refractivity contribution >= 4 is 27.6 Å². The van der Waals surface area contributed by atoms with E-state index < -0.39 is 28.5 Å². The number of nitrogens with one attached hydrogen (secondary N) is 2. The van der Waals surface area contributed by atoms with E-state index in [2.05, 4.69) is 10.0 Å². The van der Waals surface area contributed by atoms with Crippen molar-refractivity contribution < 1.29 is 27.5 Å². The quantitative estimate of drug-likeness (QED) is 0.615. The van der Waals surface area contributed by atoms with E-state index in [1.54, 1.807) is 12.1 Å². The number of aryl methyl sites for hydroxylation is 1. The number of hydrogen-bond donors (Lipinski definition) is 2. The normalized spacial score (nSPS) is 10.9. The van der Waals surface area contributed by atoms with Gasteiger partial charge in [0.2, 0.25) is 10.0 Å². The lowest BCUT2D eigenvalue weighted by atomic mass is 10.2. The molecule has 0 heterocycles. The van der Waals surface area contributed by atoms with E-state index in [1.165, 1.54) is 31.4 Å². The Kier molecular flexibility index (Phi) is 7.53. The fourth-order valence-electron chi connectivity index (χ4n) is 2.18. The van der Waals surface area contributed by atoms with Gasteiger partial charge in [0.25, 0.3) is 5.91 Å². The number of esters is 1. The molecule has 2 aromatic carbocycles. The molecule has 0 aliphatic heterocycles. The zero-order valence-electron chi connectivity index (χ0n) is 15.6. The molecule has 1 amide bonds. The van der Waals surface area contributed by atoms with Crippen molar-refractivity contribution in [3.63, 3.8) is 0 Å². The Hall–Kier alpha value is -2.91. The molecule has 0 atom stereocenters. The van der Waals surface area contributed by atoms with Gasteiger partial charge < -0.3 is 14.8 Å². The van der Waals surface area contributed by atoms with Crippen LogP contribution < -0.4 is 14.8 Å². The molecule has 0 unspecified atom stereocenters. The second-order valence-corrected chi connectivity index (χ2v) is 7.67. The lowest BCUT2D eigenvalue weighted by molar-refractivity contribution is -0.147. The summed E-state index contributed by atoms with van der Waals surface area (Å²) in [5.74, 6) is -0.626. The van der Waals surface area contributed by atoms with Gasteiger partial charge in [-0.3, -0.25) is 9.59 Å². The van der Waals surface area contributed by atoms with Gasteiger partial charge in [0.1, 0.15) is 5.75 Å². The van der Waals surface area contributed by atoms with Crippen LogP contribution in [0, 0.1) is 6.92 Å². The average Bonchev–Trinajstić information content (AvgIpc) is 2.68. The van der Waals surface area contributed by atoms with Gasteiger partial charge in [-0.1, -0.05) is 17.7 Å². The number of rotatable bonds is 9. The summed E-state index contributed by atoms with van der Waals surface area (Å²) in [6.45, 7) is 1.33. The molecule has 2 aromatic rings. The standard InChI is InChI=1S/C19H22N2O6S/c1-14-3-5-15(6-4-14)21-18(22)13-27-19(23)11-12-20-28(24,25)17-9-7-16(26-2)8-10-17/h3-10,20H,11-13H2,1-2H3,(H,21,22). The maximum atomic E-state index is 12.1. The number of sulfonamides is 1. The number of anilines is 1. The molecule has 2 N–H and O–H groups in total. The molecular weight excluding hydrogens is 384 g/mol. The van der Waals surface area contributed by atoms with E-state index in [0.29, 0.717) is 11.4 Å². The van der Waals surface area contributed by atoms with Crippen LogP contribution in [-0.4, -0.2) is 40.6 Å². The number of benzene rings is 2. The van der Waals surface area contributed by atoms with Crippen molar-refractivity contribution in [2.75, 3.05) is 25.6 Å². The molecule has 0 bridgehead atoms. The maximum Gasteiger partial charge on any atom is 0.307 e. The van der Waals surface area contributed by atoms with Crippen LogP contribution in [0.3, 0.4) is 0 Å². The second kappa shape index (κ2) is 9.86. The summed E-state index contributed by atoms with van der Waals surface area (Å²) in [6, 6.07) is 13.0. The fourth-order valence-corrected chi connectivity index (χ4v) is 3.21. The lowest BCUT2D eigenvalue weighted by Crippen LogP contribution is -2.28. The Morgan fingerprint density at radius 3 is 2.25 bits per heavy atom. The summed E-state index contributed by atoms with van der Waals surface area (Å²) in [5, 5.41) is 2.60. The Labute approximate surface area is 163 Å². The first-order valence-electron chi connectivity index (χ1n) is 8.46. The number of ether oxygens (including phenoxy) is 2. The van der Waals surface area contributed by atoms with Gasteiger partial charge in [-0.2, -0.15) is 0 Å². The monoisotopic (exact) mass is 406 g/mol. The van der Waals surface area contributed by atoms with Gasteiger partial charge in [-0.05, 0) is 43.3 Å². The number of amides is 1. The van der Waals surface area contributed by atoms with Crippen LogP contribution in [0.1, 0.15) is 12.0 Å². The molecule has 2 rings (SSSR count). The molecule has 0 radical (unpaired) electrons. The highest BCUT2D eigenvalue weighted by atomic mass is 32.2. The van der Waals surface area contributed by atoms with E-state index in [4.69, 9.17) is 9.47 Å². The first kappa shape index (κ1) is 21.4. The highest BCUT2D eigenvalue weighted by molar-refractivity contribution is 7.89. The minimum Gasteiger partial charge on any atom is -0.497 e. The predicted octanol–water partition coefficient (Wildman–Crippen LogP) is 1.85. The van der Waals surface area contributed by atoms with Crippen LogP contribution in [0.15, 0.2) is 53.4 Å². The zero-order chi connectivity index (χ0) is 20.6. The van der Waals surface area contributed by atoms with Crippen LogP contribution in [-0.2, 0) is 24.3 Å². The van der Waals surface area contributed by atoms with E-state index in [0.717, 1.165) is 5.56 Å². The van der Waals surface area contributed by atoms with E-state index in [-0.39, 0.29) is 17.9 Å². The van der Waals surface area contributed by atoms with Crippen LogP contribution in [0.4, 0.5) is 5.69 Å². The van der Waals surface area contributed by atoms with Gasteiger partial charge in [0.15, 0.2) is 6.61 Å². The Morgan fingerprint density at radius 2 is 1.64 bits per heavy atom. The number of hydrogen-bond acceptors (Lipinski definition) is 6. The van der Waals surface area contributed by atoms with Crippen LogP contribution in [0.2, 0.25) is 0 Å². The smallest absolute Gasteiger partial charge is 0.307 e. The maximum absolute atomic E-state index is 12.1. The molecule has 28 heavy (non-hydrogen) atoms. The third kappa shape index (κ3) is 6.67. The number of carbonyl (C=O) groups excluding carboxylic acids is 2. The molecule has 0 spiro atoms. The molecule has 0 aliphatic rings. The number of methoxy groups -OCH3 is 1. The Balaban J connectivity index is 1.72. The molecule has 0 saturated carbocycles. The summed E-state index contributed by atoms with van der Waals surface area (Å²) >= 11 is 0. The number of carbonyl (C=O) groups is 2. The summed E-state index contributed by atoms with van der Waals surface area (Å²) in [6.07, 6.45) is -0.201. The Morgan fingerprint density at radius 1 is 1.00 bits per heavy atom. The third-order valence-corrected chi connectivity index (χ3v) is 5.17. The molecular formula is C19H22N2O6S. The van der Waals surface area contributed by atoms with E-state index in [1.807, 2.05) is 19.1 Å². The van der Waals surface area contributed by atoms with Crippen LogP contribution in [0.25, 0.3) is 0 Å². The van der Waals surface area contributed by atoms with Gasteiger partial charge in [0.05, 0.1) is 18.4 Å².